The van der Waals surface area contributed by atoms with Crippen LogP contribution < -0.4 is 5.73 Å². The molecule has 2 fully saturated rings. The van der Waals surface area contributed by atoms with Crippen LogP contribution in [0.2, 0.25) is 5.02 Å². The first-order chi connectivity index (χ1) is 9.13. The van der Waals surface area contributed by atoms with E-state index in [2.05, 4.69) is 12.0 Å². The molecule has 0 spiro atoms. The van der Waals surface area contributed by atoms with Gasteiger partial charge in [-0.2, -0.15) is 5.10 Å². The molecule has 4 unspecified atom stereocenters. The lowest BCUT2D eigenvalue weighted by Crippen LogP contribution is -2.41. The molecule has 5 heteroatoms. The number of fused-ring (bicyclic) bond motifs is 2. The Bertz CT molecular complexity index is 497. The summed E-state index contributed by atoms with van der Waals surface area (Å²) in [6, 6.07) is 0.00675. The van der Waals surface area contributed by atoms with Gasteiger partial charge in [-0.15, -0.1) is 0 Å². The topological polar surface area (TPSA) is 60.9 Å². The number of halogens is 1. The van der Waals surface area contributed by atoms with Gasteiger partial charge < -0.3 is 5.73 Å². The van der Waals surface area contributed by atoms with Gasteiger partial charge >= 0.3 is 0 Å². The maximum atomic E-state index is 12.8. The number of nitrogens with zero attached hydrogens (tertiary/aromatic N) is 2. The van der Waals surface area contributed by atoms with Crippen molar-refractivity contribution in [1.82, 2.24) is 9.78 Å². The van der Waals surface area contributed by atoms with Crippen LogP contribution in [-0.4, -0.2) is 21.6 Å². The standard InChI is InChI=1S/C14H20ClN3O/c1-2-5-18-13(10(15)7-17-18)14(19)11-8-3-4-9(6-8)12(11)16/h7-9,11-12H,2-6,16H2,1H3. The first kappa shape index (κ1) is 13.1. The van der Waals surface area contributed by atoms with Gasteiger partial charge in [-0.1, -0.05) is 18.5 Å². The molecule has 2 saturated carbocycles. The second-order valence-electron chi connectivity index (χ2n) is 5.86. The van der Waals surface area contributed by atoms with Crippen molar-refractivity contribution < 1.29 is 4.79 Å². The lowest BCUT2D eigenvalue weighted by atomic mass is 9.81. The van der Waals surface area contributed by atoms with Crippen molar-refractivity contribution in [3.8, 4) is 0 Å². The lowest BCUT2D eigenvalue weighted by molar-refractivity contribution is 0.0844. The van der Waals surface area contributed by atoms with Crippen molar-refractivity contribution in [3.05, 3.63) is 16.9 Å². The molecule has 0 aliphatic heterocycles. The largest absolute Gasteiger partial charge is 0.327 e. The minimum atomic E-state index is -0.0523. The Morgan fingerprint density at radius 1 is 1.53 bits per heavy atom. The lowest BCUT2D eigenvalue weighted by Gasteiger charge is -2.27. The molecule has 1 aromatic rings. The molecule has 4 atom stereocenters. The third-order valence-corrected chi connectivity index (χ3v) is 5.02. The van der Waals surface area contributed by atoms with Crippen LogP contribution in [0.15, 0.2) is 6.20 Å². The highest BCUT2D eigenvalue weighted by molar-refractivity contribution is 6.33. The van der Waals surface area contributed by atoms with E-state index in [-0.39, 0.29) is 17.7 Å². The van der Waals surface area contributed by atoms with Crippen molar-refractivity contribution in [2.75, 3.05) is 0 Å². The van der Waals surface area contributed by atoms with E-state index in [4.69, 9.17) is 17.3 Å². The molecule has 2 N–H and O–H groups in total. The molecule has 19 heavy (non-hydrogen) atoms. The van der Waals surface area contributed by atoms with Crippen molar-refractivity contribution in [1.29, 1.82) is 0 Å². The number of rotatable bonds is 4. The van der Waals surface area contributed by atoms with Gasteiger partial charge in [0.05, 0.1) is 11.2 Å². The second kappa shape index (κ2) is 4.91. The minimum absolute atomic E-state index is 0.00675. The maximum absolute atomic E-state index is 12.8. The van der Waals surface area contributed by atoms with Crippen molar-refractivity contribution in [2.24, 2.45) is 23.5 Å². The first-order valence-corrected chi connectivity index (χ1v) is 7.52. The molecule has 0 aromatic carbocycles. The Balaban J connectivity index is 1.90. The minimum Gasteiger partial charge on any atom is -0.327 e. The van der Waals surface area contributed by atoms with Gasteiger partial charge in [0.2, 0.25) is 0 Å². The first-order valence-electron chi connectivity index (χ1n) is 7.14. The van der Waals surface area contributed by atoms with Crippen LogP contribution >= 0.6 is 11.6 Å². The second-order valence-corrected chi connectivity index (χ2v) is 6.27. The Labute approximate surface area is 118 Å². The van der Waals surface area contributed by atoms with Gasteiger partial charge in [0.25, 0.3) is 0 Å². The zero-order valence-electron chi connectivity index (χ0n) is 11.2. The Morgan fingerprint density at radius 2 is 2.26 bits per heavy atom. The van der Waals surface area contributed by atoms with Crippen LogP contribution in [-0.2, 0) is 6.54 Å². The Kier molecular flexibility index (Phi) is 3.39. The molecular formula is C14H20ClN3O. The SMILES string of the molecule is CCCn1ncc(Cl)c1C(=O)C1C2CCC(C2)C1N. The summed E-state index contributed by atoms with van der Waals surface area (Å²) in [6.45, 7) is 2.79. The van der Waals surface area contributed by atoms with E-state index < -0.39 is 0 Å². The van der Waals surface area contributed by atoms with Crippen LogP contribution in [0.1, 0.15) is 43.1 Å². The smallest absolute Gasteiger partial charge is 0.187 e. The van der Waals surface area contributed by atoms with Crippen molar-refractivity contribution in [2.45, 2.75) is 45.2 Å². The summed E-state index contributed by atoms with van der Waals surface area (Å²) < 4.78 is 1.74. The summed E-state index contributed by atoms with van der Waals surface area (Å²) in [6.07, 6.45) is 5.92. The summed E-state index contributed by atoms with van der Waals surface area (Å²) in [4.78, 5) is 12.8. The van der Waals surface area contributed by atoms with E-state index in [1.54, 1.807) is 10.9 Å². The van der Waals surface area contributed by atoms with Gasteiger partial charge in [-0.25, -0.2) is 0 Å². The van der Waals surface area contributed by atoms with E-state index in [1.807, 2.05) is 0 Å². The van der Waals surface area contributed by atoms with Crippen LogP contribution in [0.3, 0.4) is 0 Å². The molecule has 0 amide bonds. The highest BCUT2D eigenvalue weighted by Crippen LogP contribution is 2.48. The zero-order valence-corrected chi connectivity index (χ0v) is 11.9. The van der Waals surface area contributed by atoms with E-state index in [9.17, 15) is 4.79 Å². The fraction of sp³-hybridized carbons (Fsp3) is 0.714. The number of hydrogen-bond donors (Lipinski definition) is 1. The molecule has 2 bridgehead atoms. The molecule has 104 valence electrons. The number of Topliss-reactive ketones (excluding diaryl/α,β-unsaturated/α-hetero) is 1. The molecule has 2 aliphatic carbocycles. The van der Waals surface area contributed by atoms with Crippen LogP contribution in [0.5, 0.6) is 0 Å². The van der Waals surface area contributed by atoms with Gasteiger partial charge in [0.1, 0.15) is 5.69 Å². The molecule has 0 saturated heterocycles. The molecule has 4 nitrogen and oxygen atoms in total. The van der Waals surface area contributed by atoms with Gasteiger partial charge in [-0.05, 0) is 37.5 Å². The Hall–Kier alpha value is -0.870. The van der Waals surface area contributed by atoms with Gasteiger partial charge in [0.15, 0.2) is 5.78 Å². The number of carbonyl (C=O) groups excluding carboxylic acids is 1. The van der Waals surface area contributed by atoms with E-state index in [0.717, 1.165) is 25.8 Å². The van der Waals surface area contributed by atoms with Crippen LogP contribution in [0, 0.1) is 17.8 Å². The third kappa shape index (κ3) is 2.01. The summed E-state index contributed by atoms with van der Waals surface area (Å²) in [5.41, 5.74) is 6.82. The van der Waals surface area contributed by atoms with Gasteiger partial charge in [0, 0.05) is 18.5 Å². The number of nitrogens with two attached hydrogens (primary N) is 1. The quantitative estimate of drug-likeness (QED) is 0.863. The fourth-order valence-electron chi connectivity index (χ4n) is 3.87. The number of ketones is 1. The summed E-state index contributed by atoms with van der Waals surface area (Å²) in [5, 5.41) is 4.67. The number of carbonyl (C=O) groups is 1. The monoisotopic (exact) mass is 281 g/mol. The zero-order chi connectivity index (χ0) is 13.6. The highest BCUT2D eigenvalue weighted by Gasteiger charge is 2.49. The molecule has 0 radical (unpaired) electrons. The maximum Gasteiger partial charge on any atom is 0.187 e. The molecule has 1 heterocycles. The summed E-state index contributed by atoms with van der Waals surface area (Å²) in [5.74, 6) is 1.04. The van der Waals surface area contributed by atoms with Crippen LogP contribution in [0.25, 0.3) is 0 Å². The van der Waals surface area contributed by atoms with Crippen molar-refractivity contribution in [3.63, 3.8) is 0 Å². The van der Waals surface area contributed by atoms with E-state index in [1.165, 1.54) is 6.42 Å². The molecular weight excluding hydrogens is 262 g/mol. The Morgan fingerprint density at radius 3 is 2.89 bits per heavy atom. The van der Waals surface area contributed by atoms with Crippen molar-refractivity contribution >= 4 is 17.4 Å². The van der Waals surface area contributed by atoms with Gasteiger partial charge in [-0.3, -0.25) is 9.48 Å². The number of hydrogen-bond acceptors (Lipinski definition) is 3. The number of aryl methyl sites for hydroxylation is 1. The van der Waals surface area contributed by atoms with E-state index in [0.29, 0.717) is 22.6 Å². The van der Waals surface area contributed by atoms with Crippen LogP contribution in [0.4, 0.5) is 0 Å². The predicted octanol–water partition coefficient (Wildman–Crippen LogP) is 2.50. The molecule has 3 rings (SSSR count). The third-order valence-electron chi connectivity index (χ3n) is 4.75. The highest BCUT2D eigenvalue weighted by atomic mass is 35.5. The van der Waals surface area contributed by atoms with E-state index >= 15 is 0 Å². The normalized spacial score (nSPS) is 33.0. The number of aromatic nitrogens is 2. The average Bonchev–Trinajstić information content (AvgIpc) is 3.04. The molecule has 2 aliphatic rings. The predicted molar refractivity (Wildman–Crippen MR) is 74.2 cm³/mol. The fourth-order valence-corrected chi connectivity index (χ4v) is 4.11. The molecule has 1 aromatic heterocycles. The summed E-state index contributed by atoms with van der Waals surface area (Å²) in [7, 11) is 0. The summed E-state index contributed by atoms with van der Waals surface area (Å²) >= 11 is 6.16. The average molecular weight is 282 g/mol.